The quantitative estimate of drug-likeness (QED) is 0.327. The Morgan fingerprint density at radius 3 is 3.00 bits per heavy atom. The number of nitrogens with zero attached hydrogens (tertiary/aromatic N) is 2. The average molecular weight is 373 g/mol. The molecular formula is C11H12IN5S. The van der Waals surface area contributed by atoms with E-state index in [1.807, 2.05) is 6.07 Å². The van der Waals surface area contributed by atoms with E-state index in [-0.39, 0.29) is 0 Å². The number of aromatic nitrogens is 2. The fourth-order valence-electron chi connectivity index (χ4n) is 1.94. The van der Waals surface area contributed by atoms with Crippen LogP contribution in [0, 0.1) is 0 Å². The Bertz CT molecular complexity index is 635. The van der Waals surface area contributed by atoms with Gasteiger partial charge in [-0.1, -0.05) is 13.0 Å². The minimum absolute atomic E-state index is 0.949. The molecule has 1 aliphatic heterocycles. The molecule has 2 aromatic rings. The summed E-state index contributed by atoms with van der Waals surface area (Å²) in [5.41, 5.74) is 3.34. The third-order valence-electron chi connectivity index (χ3n) is 2.89. The average Bonchev–Trinajstić information content (AvgIpc) is 2.94. The highest BCUT2D eigenvalue weighted by Crippen LogP contribution is 2.38. The predicted molar refractivity (Wildman–Crippen MR) is 83.2 cm³/mol. The highest BCUT2D eigenvalue weighted by atomic mass is 127. The Balaban J connectivity index is 2.13. The van der Waals surface area contributed by atoms with E-state index in [0.29, 0.717) is 0 Å². The molecule has 1 aliphatic rings. The van der Waals surface area contributed by atoms with Crippen molar-refractivity contribution < 1.29 is 0 Å². The number of aryl methyl sites for hydroxylation is 1. The van der Waals surface area contributed by atoms with E-state index in [1.54, 1.807) is 0 Å². The zero-order valence-electron chi connectivity index (χ0n) is 9.70. The summed E-state index contributed by atoms with van der Waals surface area (Å²) in [6, 6.07) is 6.28. The number of benzene rings is 1. The molecule has 0 unspecified atom stereocenters. The minimum Gasteiger partial charge on any atom is -0.281 e. The highest BCUT2D eigenvalue weighted by Gasteiger charge is 2.20. The number of nitrogens with one attached hydrogen (secondary N) is 2. The maximum absolute atomic E-state index is 5.77. The van der Waals surface area contributed by atoms with Gasteiger partial charge >= 0.3 is 0 Å². The van der Waals surface area contributed by atoms with Crippen LogP contribution in [0.4, 0.5) is 0 Å². The first kappa shape index (κ1) is 12.3. The topological polar surface area (TPSA) is 70.0 Å². The first-order valence-corrected chi connectivity index (χ1v) is 7.44. The van der Waals surface area contributed by atoms with Crippen LogP contribution in [0.25, 0.3) is 15.8 Å². The molecule has 18 heavy (non-hydrogen) atoms. The molecule has 0 saturated heterocycles. The van der Waals surface area contributed by atoms with Gasteiger partial charge in [0.15, 0.2) is 0 Å². The molecule has 94 valence electrons. The van der Waals surface area contributed by atoms with Crippen molar-refractivity contribution >= 4 is 50.3 Å². The smallest absolute Gasteiger partial charge is 0.124 e. The fraction of sp³-hybridized carbons (Fsp3) is 0.182. The molecule has 0 atom stereocenters. The van der Waals surface area contributed by atoms with Crippen LogP contribution in [0.3, 0.4) is 0 Å². The number of hydrazine groups is 2. The molecule has 0 aliphatic carbocycles. The van der Waals surface area contributed by atoms with Crippen molar-refractivity contribution in [2.75, 3.05) is 0 Å². The van der Waals surface area contributed by atoms with Gasteiger partial charge in [-0.05, 0) is 58.7 Å². The number of halogens is 1. The lowest BCUT2D eigenvalue weighted by Crippen LogP contribution is -2.33. The maximum Gasteiger partial charge on any atom is 0.124 e. The number of hydrogen-bond acceptors (Lipinski definition) is 5. The Hall–Kier alpha value is -0.770. The van der Waals surface area contributed by atoms with E-state index in [4.69, 9.17) is 5.84 Å². The lowest BCUT2D eigenvalue weighted by molar-refractivity contribution is 0.375. The van der Waals surface area contributed by atoms with Crippen molar-refractivity contribution in [1.29, 1.82) is 0 Å². The molecule has 0 fully saturated rings. The Labute approximate surface area is 122 Å². The van der Waals surface area contributed by atoms with Crippen LogP contribution < -0.4 is 10.7 Å². The summed E-state index contributed by atoms with van der Waals surface area (Å²) < 4.78 is 0.999. The lowest BCUT2D eigenvalue weighted by atomic mass is 10.1. The first-order valence-electron chi connectivity index (χ1n) is 5.55. The second kappa shape index (κ2) is 4.72. The van der Waals surface area contributed by atoms with Gasteiger partial charge in [0, 0.05) is 11.1 Å². The van der Waals surface area contributed by atoms with Crippen molar-refractivity contribution in [3.8, 4) is 0 Å². The number of aromatic amines is 1. The van der Waals surface area contributed by atoms with E-state index in [2.05, 4.69) is 56.7 Å². The summed E-state index contributed by atoms with van der Waals surface area (Å²) in [4.78, 5) is 4.15. The standard InChI is InChI=1S/C11H12IN5S/c1-2-8-7-5-6(3-4-9(7)15-14-8)10-11(12)17(13)16-18-10/h3-5,16H,2,13H2,1H3,(H,14,15). The summed E-state index contributed by atoms with van der Waals surface area (Å²) >= 11 is 3.77. The Kier molecular flexibility index (Phi) is 3.22. The van der Waals surface area contributed by atoms with Gasteiger partial charge in [-0.25, -0.2) is 11.0 Å². The van der Waals surface area contributed by atoms with E-state index < -0.39 is 0 Å². The van der Waals surface area contributed by atoms with E-state index in [0.717, 1.165) is 26.1 Å². The van der Waals surface area contributed by atoms with E-state index >= 15 is 0 Å². The zero-order valence-corrected chi connectivity index (χ0v) is 12.7. The van der Waals surface area contributed by atoms with Crippen LogP contribution in [0.1, 0.15) is 18.2 Å². The second-order valence-corrected chi connectivity index (χ2v) is 5.79. The first-order chi connectivity index (χ1) is 8.70. The molecule has 0 bridgehead atoms. The molecule has 7 heteroatoms. The van der Waals surface area contributed by atoms with Gasteiger partial charge < -0.3 is 0 Å². The van der Waals surface area contributed by atoms with Gasteiger partial charge in [0.2, 0.25) is 0 Å². The SMILES string of the molecule is CCc1[nH]nc2ccc(C3=C(I)N(N)NS3)cc12. The molecule has 4 N–H and O–H groups in total. The molecule has 0 amide bonds. The van der Waals surface area contributed by atoms with E-state index in [1.165, 1.54) is 28.1 Å². The van der Waals surface area contributed by atoms with Crippen molar-refractivity contribution in [3.63, 3.8) is 0 Å². The van der Waals surface area contributed by atoms with Gasteiger partial charge in [-0.3, -0.25) is 5.10 Å². The summed E-state index contributed by atoms with van der Waals surface area (Å²) in [6.45, 7) is 2.12. The maximum atomic E-state index is 5.77. The van der Waals surface area contributed by atoms with Gasteiger partial charge in [0.1, 0.15) is 3.70 Å². The van der Waals surface area contributed by atoms with Crippen LogP contribution in [-0.2, 0) is 6.42 Å². The van der Waals surface area contributed by atoms with Crippen LogP contribution in [-0.4, -0.2) is 15.3 Å². The minimum atomic E-state index is 0.949. The third-order valence-corrected chi connectivity index (χ3v) is 5.24. The normalized spacial score (nSPS) is 16.1. The molecule has 5 nitrogen and oxygen atoms in total. The van der Waals surface area contributed by atoms with Crippen LogP contribution in [0.15, 0.2) is 21.9 Å². The van der Waals surface area contributed by atoms with Crippen molar-refractivity contribution in [3.05, 3.63) is 33.2 Å². The summed E-state index contributed by atoms with van der Waals surface area (Å²) in [7, 11) is 0. The Morgan fingerprint density at radius 1 is 1.50 bits per heavy atom. The molecule has 2 heterocycles. The van der Waals surface area contributed by atoms with Gasteiger partial charge in [-0.2, -0.15) is 9.93 Å². The summed E-state index contributed by atoms with van der Waals surface area (Å²) in [5.74, 6) is 5.77. The zero-order chi connectivity index (χ0) is 12.7. The van der Waals surface area contributed by atoms with Crippen LogP contribution in [0.2, 0.25) is 0 Å². The molecule has 0 spiro atoms. The van der Waals surface area contributed by atoms with Crippen LogP contribution in [0.5, 0.6) is 0 Å². The number of H-pyrrole nitrogens is 1. The predicted octanol–water partition coefficient (Wildman–Crippen LogP) is 2.53. The summed E-state index contributed by atoms with van der Waals surface area (Å²) in [5, 5.41) is 10.1. The molecular weight excluding hydrogens is 361 g/mol. The summed E-state index contributed by atoms with van der Waals surface area (Å²) in [6.07, 6.45) is 0.949. The number of fused-ring (bicyclic) bond motifs is 1. The second-order valence-electron chi connectivity index (χ2n) is 3.97. The van der Waals surface area contributed by atoms with Gasteiger partial charge in [0.05, 0.1) is 10.4 Å². The third kappa shape index (κ3) is 1.91. The van der Waals surface area contributed by atoms with Crippen molar-refractivity contribution in [2.24, 2.45) is 5.84 Å². The molecule has 1 aromatic heterocycles. The fourth-order valence-corrected chi connectivity index (χ4v) is 3.57. The number of nitrogens with two attached hydrogens (primary N) is 1. The van der Waals surface area contributed by atoms with Gasteiger partial charge in [-0.15, -0.1) is 0 Å². The van der Waals surface area contributed by atoms with Gasteiger partial charge in [0.25, 0.3) is 0 Å². The molecule has 0 radical (unpaired) electrons. The Morgan fingerprint density at radius 2 is 2.33 bits per heavy atom. The van der Waals surface area contributed by atoms with Crippen LogP contribution >= 0.6 is 34.5 Å². The lowest BCUT2D eigenvalue weighted by Gasteiger charge is -2.07. The number of hydrogen-bond donors (Lipinski definition) is 3. The number of rotatable bonds is 2. The molecule has 1 aromatic carbocycles. The highest BCUT2D eigenvalue weighted by molar-refractivity contribution is 14.1. The van der Waals surface area contributed by atoms with E-state index in [9.17, 15) is 0 Å². The monoisotopic (exact) mass is 373 g/mol. The van der Waals surface area contributed by atoms with Crippen molar-refractivity contribution in [1.82, 2.24) is 20.1 Å². The molecule has 0 saturated carbocycles. The van der Waals surface area contributed by atoms with Crippen molar-refractivity contribution in [2.45, 2.75) is 13.3 Å². The largest absolute Gasteiger partial charge is 0.281 e. The molecule has 3 rings (SSSR count).